The van der Waals surface area contributed by atoms with E-state index in [0.29, 0.717) is 28.1 Å². The number of hydrogen-bond donors (Lipinski definition) is 1. The molecule has 4 rings (SSSR count). The molecule has 0 spiro atoms. The summed E-state index contributed by atoms with van der Waals surface area (Å²) < 4.78 is 15.5. The minimum Gasteiger partial charge on any atom is -0.497 e. The Morgan fingerprint density at radius 3 is 2.06 bits per heavy atom. The first-order chi connectivity index (χ1) is 16.5. The SMILES string of the molecule is COc1ccc(-c2nnc(SC(C)C(=O)Nc3cc(C)on3)nc2-c2ccc(OC)cc2)cc1. The van der Waals surface area contributed by atoms with E-state index in [0.717, 1.165) is 22.6 Å². The predicted octanol–water partition coefficient (Wildman–Crippen LogP) is 4.64. The van der Waals surface area contributed by atoms with Crippen LogP contribution in [-0.2, 0) is 4.79 Å². The Balaban J connectivity index is 1.63. The van der Waals surface area contributed by atoms with Gasteiger partial charge in [0.15, 0.2) is 5.82 Å². The summed E-state index contributed by atoms with van der Waals surface area (Å²) in [6.07, 6.45) is 0. The summed E-state index contributed by atoms with van der Waals surface area (Å²) in [7, 11) is 3.23. The van der Waals surface area contributed by atoms with Gasteiger partial charge in [-0.05, 0) is 62.4 Å². The molecule has 0 saturated heterocycles. The van der Waals surface area contributed by atoms with Gasteiger partial charge in [-0.15, -0.1) is 10.2 Å². The van der Waals surface area contributed by atoms with E-state index in [1.165, 1.54) is 11.8 Å². The Kier molecular flexibility index (Phi) is 7.07. The molecule has 1 atom stereocenters. The molecule has 2 aromatic carbocycles. The normalized spacial score (nSPS) is 11.6. The third kappa shape index (κ3) is 5.34. The second kappa shape index (κ2) is 10.3. The summed E-state index contributed by atoms with van der Waals surface area (Å²) in [6.45, 7) is 3.52. The highest BCUT2D eigenvalue weighted by Gasteiger charge is 2.20. The largest absolute Gasteiger partial charge is 0.497 e. The van der Waals surface area contributed by atoms with Crippen LogP contribution in [0.15, 0.2) is 64.3 Å². The van der Waals surface area contributed by atoms with Gasteiger partial charge in [-0.1, -0.05) is 16.9 Å². The lowest BCUT2D eigenvalue weighted by molar-refractivity contribution is -0.115. The lowest BCUT2D eigenvalue weighted by Gasteiger charge is -2.12. The van der Waals surface area contributed by atoms with E-state index in [1.54, 1.807) is 34.1 Å². The molecule has 0 aliphatic carbocycles. The lowest BCUT2D eigenvalue weighted by Crippen LogP contribution is -2.23. The van der Waals surface area contributed by atoms with Gasteiger partial charge < -0.3 is 19.3 Å². The number of nitrogens with one attached hydrogen (secondary N) is 1. The zero-order valence-electron chi connectivity index (χ0n) is 19.1. The molecule has 0 aliphatic heterocycles. The van der Waals surface area contributed by atoms with Gasteiger partial charge in [0.1, 0.15) is 28.6 Å². The summed E-state index contributed by atoms with van der Waals surface area (Å²) >= 11 is 1.20. The van der Waals surface area contributed by atoms with Gasteiger partial charge in [0.25, 0.3) is 0 Å². The fourth-order valence-electron chi connectivity index (χ4n) is 3.12. The highest BCUT2D eigenvalue weighted by atomic mass is 32.2. The van der Waals surface area contributed by atoms with Gasteiger partial charge >= 0.3 is 0 Å². The number of aryl methyl sites for hydroxylation is 1. The third-order valence-corrected chi connectivity index (χ3v) is 5.88. The number of ether oxygens (including phenoxy) is 2. The summed E-state index contributed by atoms with van der Waals surface area (Å²) in [5.74, 6) is 2.21. The molecule has 4 aromatic rings. The van der Waals surface area contributed by atoms with E-state index >= 15 is 0 Å². The van der Waals surface area contributed by atoms with Crippen molar-refractivity contribution >= 4 is 23.5 Å². The van der Waals surface area contributed by atoms with Crippen LogP contribution in [0.25, 0.3) is 22.5 Å². The standard InChI is InChI=1S/C24H23N5O4S/c1-14-13-20(29-33-14)25-23(30)15(2)34-24-26-21(16-5-9-18(31-3)10-6-16)22(27-28-24)17-7-11-19(32-4)12-8-17/h5-13,15H,1-4H3,(H,25,29,30). The molecule has 0 radical (unpaired) electrons. The number of carbonyl (C=O) groups excluding carboxylic acids is 1. The van der Waals surface area contributed by atoms with Crippen molar-refractivity contribution in [2.45, 2.75) is 24.3 Å². The van der Waals surface area contributed by atoms with Gasteiger partial charge in [-0.3, -0.25) is 4.79 Å². The Labute approximate surface area is 200 Å². The number of methoxy groups -OCH3 is 2. The predicted molar refractivity (Wildman–Crippen MR) is 129 cm³/mol. The van der Waals surface area contributed by atoms with Crippen molar-refractivity contribution in [1.29, 1.82) is 0 Å². The van der Waals surface area contributed by atoms with Crippen LogP contribution in [0, 0.1) is 6.92 Å². The number of carbonyl (C=O) groups is 1. The Bertz CT molecular complexity index is 1280. The number of thioether (sulfide) groups is 1. The fraction of sp³-hybridized carbons (Fsp3) is 0.208. The fourth-order valence-corrected chi connectivity index (χ4v) is 3.83. The highest BCUT2D eigenvalue weighted by molar-refractivity contribution is 8.00. The number of rotatable bonds is 8. The molecule has 0 fully saturated rings. The zero-order valence-corrected chi connectivity index (χ0v) is 19.9. The maximum atomic E-state index is 12.6. The van der Waals surface area contributed by atoms with Crippen molar-refractivity contribution in [2.24, 2.45) is 0 Å². The molecule has 9 nitrogen and oxygen atoms in total. The molecule has 2 heterocycles. The maximum absolute atomic E-state index is 12.6. The van der Waals surface area contributed by atoms with Crippen molar-refractivity contribution in [3.05, 3.63) is 60.4 Å². The van der Waals surface area contributed by atoms with Gasteiger partial charge in [0.2, 0.25) is 11.1 Å². The first-order valence-electron chi connectivity index (χ1n) is 10.4. The van der Waals surface area contributed by atoms with E-state index < -0.39 is 5.25 Å². The van der Waals surface area contributed by atoms with Crippen LogP contribution >= 0.6 is 11.8 Å². The van der Waals surface area contributed by atoms with Gasteiger partial charge in [0.05, 0.1) is 19.5 Å². The van der Waals surface area contributed by atoms with Crippen molar-refractivity contribution in [2.75, 3.05) is 19.5 Å². The summed E-state index contributed by atoms with van der Waals surface area (Å²) in [6, 6.07) is 16.7. The quantitative estimate of drug-likeness (QED) is 0.363. The van der Waals surface area contributed by atoms with Crippen LogP contribution in [0.2, 0.25) is 0 Å². The summed E-state index contributed by atoms with van der Waals surface area (Å²) in [5.41, 5.74) is 2.95. The van der Waals surface area contributed by atoms with Crippen LogP contribution in [0.4, 0.5) is 5.82 Å². The van der Waals surface area contributed by atoms with Crippen LogP contribution in [0.5, 0.6) is 11.5 Å². The van der Waals surface area contributed by atoms with Crippen molar-refractivity contribution in [3.63, 3.8) is 0 Å². The second-order valence-electron chi connectivity index (χ2n) is 7.32. The van der Waals surface area contributed by atoms with Crippen LogP contribution in [-0.4, -0.2) is 45.7 Å². The number of anilines is 1. The molecule has 0 bridgehead atoms. The average Bonchev–Trinajstić information content (AvgIpc) is 3.28. The first-order valence-corrected chi connectivity index (χ1v) is 11.3. The monoisotopic (exact) mass is 477 g/mol. The van der Waals surface area contributed by atoms with Gasteiger partial charge in [-0.25, -0.2) is 4.98 Å². The Hall–Kier alpha value is -3.92. The van der Waals surface area contributed by atoms with Gasteiger partial charge in [-0.2, -0.15) is 0 Å². The molecule has 1 N–H and O–H groups in total. The minimum atomic E-state index is -0.491. The molecule has 1 amide bonds. The smallest absolute Gasteiger partial charge is 0.238 e. The van der Waals surface area contributed by atoms with E-state index in [9.17, 15) is 4.79 Å². The number of amides is 1. The van der Waals surface area contributed by atoms with Gasteiger partial charge in [0, 0.05) is 17.2 Å². The molecule has 1 unspecified atom stereocenters. The molecule has 0 saturated carbocycles. The third-order valence-electron chi connectivity index (χ3n) is 4.92. The highest BCUT2D eigenvalue weighted by Crippen LogP contribution is 2.32. The van der Waals surface area contributed by atoms with Crippen LogP contribution in [0.1, 0.15) is 12.7 Å². The molecule has 10 heteroatoms. The lowest BCUT2D eigenvalue weighted by atomic mass is 10.0. The Morgan fingerprint density at radius 2 is 1.53 bits per heavy atom. The summed E-state index contributed by atoms with van der Waals surface area (Å²) in [4.78, 5) is 17.3. The first kappa shape index (κ1) is 23.2. The van der Waals surface area contributed by atoms with Crippen LogP contribution in [0.3, 0.4) is 0 Å². The summed E-state index contributed by atoms with van der Waals surface area (Å²) in [5, 5.41) is 15.1. The van der Waals surface area contributed by atoms with Crippen molar-refractivity contribution in [3.8, 4) is 34.0 Å². The van der Waals surface area contributed by atoms with Crippen molar-refractivity contribution in [1.82, 2.24) is 20.3 Å². The minimum absolute atomic E-state index is 0.243. The number of hydrogen-bond acceptors (Lipinski definition) is 9. The van der Waals surface area contributed by atoms with E-state index in [2.05, 4.69) is 20.7 Å². The van der Waals surface area contributed by atoms with E-state index in [-0.39, 0.29) is 5.91 Å². The Morgan fingerprint density at radius 1 is 0.941 bits per heavy atom. The number of benzene rings is 2. The van der Waals surface area contributed by atoms with Crippen LogP contribution < -0.4 is 14.8 Å². The molecular formula is C24H23N5O4S. The number of nitrogens with zero attached hydrogens (tertiary/aromatic N) is 4. The second-order valence-corrected chi connectivity index (χ2v) is 8.63. The van der Waals surface area contributed by atoms with E-state index in [4.69, 9.17) is 19.0 Å². The molecule has 34 heavy (non-hydrogen) atoms. The average molecular weight is 478 g/mol. The van der Waals surface area contributed by atoms with Crippen molar-refractivity contribution < 1.29 is 18.8 Å². The zero-order chi connectivity index (χ0) is 24.1. The molecule has 0 aliphatic rings. The number of aromatic nitrogens is 4. The molecule has 174 valence electrons. The molecule has 2 aromatic heterocycles. The molecular weight excluding hydrogens is 454 g/mol. The van der Waals surface area contributed by atoms with E-state index in [1.807, 2.05) is 48.5 Å². The topological polar surface area (TPSA) is 112 Å². The maximum Gasteiger partial charge on any atom is 0.238 e.